The topological polar surface area (TPSA) is 58.4 Å². The maximum atomic E-state index is 10.6. The molecule has 5 nitrogen and oxygen atoms in total. The van der Waals surface area contributed by atoms with E-state index in [1.165, 1.54) is 0 Å². The minimum atomic E-state index is -0.833. The zero-order chi connectivity index (χ0) is 13.0. The van der Waals surface area contributed by atoms with E-state index in [0.29, 0.717) is 6.54 Å². The Bertz CT molecular complexity index is 522. The zero-order valence-electron chi connectivity index (χ0n) is 10.2. The Kier molecular flexibility index (Phi) is 3.74. The van der Waals surface area contributed by atoms with Crippen LogP contribution < -0.4 is 0 Å². The van der Waals surface area contributed by atoms with E-state index >= 15 is 0 Å². The van der Waals surface area contributed by atoms with Crippen LogP contribution in [0.1, 0.15) is 5.69 Å². The maximum absolute atomic E-state index is 10.6. The fourth-order valence-corrected chi connectivity index (χ4v) is 1.73. The summed E-state index contributed by atoms with van der Waals surface area (Å²) >= 11 is 0. The second-order valence-corrected chi connectivity index (χ2v) is 4.15. The van der Waals surface area contributed by atoms with Crippen LogP contribution in [0.2, 0.25) is 0 Å². The molecule has 0 bridgehead atoms. The molecule has 1 aromatic carbocycles. The van der Waals surface area contributed by atoms with Gasteiger partial charge in [0.15, 0.2) is 0 Å². The highest BCUT2D eigenvalue weighted by Gasteiger charge is 2.07. The van der Waals surface area contributed by atoms with Crippen molar-refractivity contribution < 1.29 is 9.90 Å². The number of hydrogen-bond acceptors (Lipinski definition) is 3. The van der Waals surface area contributed by atoms with Gasteiger partial charge in [-0.2, -0.15) is 5.10 Å². The van der Waals surface area contributed by atoms with Gasteiger partial charge in [-0.3, -0.25) is 9.69 Å². The van der Waals surface area contributed by atoms with Crippen LogP contribution in [0.25, 0.3) is 5.69 Å². The molecule has 94 valence electrons. The lowest BCUT2D eigenvalue weighted by Crippen LogP contribution is -2.25. The third-order valence-corrected chi connectivity index (χ3v) is 2.50. The van der Waals surface area contributed by atoms with Gasteiger partial charge in [-0.1, -0.05) is 18.2 Å². The van der Waals surface area contributed by atoms with Crippen LogP contribution in [0.4, 0.5) is 0 Å². The number of hydrogen-bond donors (Lipinski definition) is 1. The van der Waals surface area contributed by atoms with Crippen LogP contribution in [0.3, 0.4) is 0 Å². The minimum Gasteiger partial charge on any atom is -0.480 e. The Morgan fingerprint density at radius 2 is 2.06 bits per heavy atom. The van der Waals surface area contributed by atoms with Crippen LogP contribution in [0.15, 0.2) is 42.6 Å². The van der Waals surface area contributed by atoms with Crippen LogP contribution in [-0.2, 0) is 11.3 Å². The molecular weight excluding hydrogens is 230 g/mol. The predicted octanol–water partition coefficient (Wildman–Crippen LogP) is 1.39. The van der Waals surface area contributed by atoms with Crippen molar-refractivity contribution in [1.82, 2.24) is 14.7 Å². The molecule has 0 aliphatic rings. The molecule has 1 aromatic heterocycles. The van der Waals surface area contributed by atoms with Crippen molar-refractivity contribution in [3.8, 4) is 5.69 Å². The van der Waals surface area contributed by atoms with Gasteiger partial charge in [0.1, 0.15) is 0 Å². The van der Waals surface area contributed by atoms with Crippen LogP contribution >= 0.6 is 0 Å². The number of carboxylic acid groups (broad SMARTS) is 1. The van der Waals surface area contributed by atoms with E-state index in [1.54, 1.807) is 16.6 Å². The Balaban J connectivity index is 2.05. The standard InChI is InChI=1S/C13H15N3O2/c1-15(10-13(17)18)9-11-7-8-16(14-11)12-5-3-2-4-6-12/h2-8H,9-10H2,1H3,(H,17,18). The fourth-order valence-electron chi connectivity index (χ4n) is 1.73. The van der Waals surface area contributed by atoms with Crippen molar-refractivity contribution in [2.24, 2.45) is 0 Å². The van der Waals surface area contributed by atoms with E-state index in [2.05, 4.69) is 5.10 Å². The van der Waals surface area contributed by atoms with Gasteiger partial charge < -0.3 is 5.11 Å². The largest absolute Gasteiger partial charge is 0.480 e. The molecule has 18 heavy (non-hydrogen) atoms. The Labute approximate surface area is 105 Å². The van der Waals surface area contributed by atoms with Gasteiger partial charge in [0.2, 0.25) is 0 Å². The minimum absolute atomic E-state index is 0.0121. The molecule has 0 aliphatic carbocycles. The SMILES string of the molecule is CN(CC(=O)O)Cc1ccn(-c2ccccc2)n1. The maximum Gasteiger partial charge on any atom is 0.317 e. The zero-order valence-corrected chi connectivity index (χ0v) is 10.2. The summed E-state index contributed by atoms with van der Waals surface area (Å²) in [4.78, 5) is 12.3. The first-order valence-electron chi connectivity index (χ1n) is 5.65. The van der Waals surface area contributed by atoms with Gasteiger partial charge in [0, 0.05) is 12.7 Å². The number of aliphatic carboxylic acids is 1. The van der Waals surface area contributed by atoms with Gasteiger partial charge in [-0.15, -0.1) is 0 Å². The Morgan fingerprint density at radius 3 is 2.72 bits per heavy atom. The summed E-state index contributed by atoms with van der Waals surface area (Å²) in [6, 6.07) is 11.7. The molecule has 0 amide bonds. The third-order valence-electron chi connectivity index (χ3n) is 2.50. The van der Waals surface area contributed by atoms with Crippen molar-refractivity contribution in [1.29, 1.82) is 0 Å². The quantitative estimate of drug-likeness (QED) is 0.864. The van der Waals surface area contributed by atoms with Gasteiger partial charge in [0.05, 0.1) is 17.9 Å². The first kappa shape index (κ1) is 12.3. The summed E-state index contributed by atoms with van der Waals surface area (Å²) in [5.74, 6) is -0.833. The van der Waals surface area contributed by atoms with Gasteiger partial charge >= 0.3 is 5.97 Å². The Morgan fingerprint density at radius 1 is 1.33 bits per heavy atom. The number of benzene rings is 1. The number of carboxylic acids is 1. The first-order chi connectivity index (χ1) is 8.65. The first-order valence-corrected chi connectivity index (χ1v) is 5.65. The average Bonchev–Trinajstić information content (AvgIpc) is 2.77. The molecule has 0 saturated carbocycles. The van der Waals surface area contributed by atoms with Crippen molar-refractivity contribution in [3.05, 3.63) is 48.3 Å². The highest BCUT2D eigenvalue weighted by molar-refractivity contribution is 5.68. The smallest absolute Gasteiger partial charge is 0.317 e. The highest BCUT2D eigenvalue weighted by Crippen LogP contribution is 2.07. The van der Waals surface area contributed by atoms with Gasteiger partial charge in [-0.25, -0.2) is 4.68 Å². The van der Waals surface area contributed by atoms with E-state index in [0.717, 1.165) is 11.4 Å². The molecule has 2 rings (SSSR count). The second-order valence-electron chi connectivity index (χ2n) is 4.15. The monoisotopic (exact) mass is 245 g/mol. The fraction of sp³-hybridized carbons (Fsp3) is 0.231. The summed E-state index contributed by atoms with van der Waals surface area (Å²) < 4.78 is 1.78. The van der Waals surface area contributed by atoms with Crippen molar-refractivity contribution in [2.75, 3.05) is 13.6 Å². The summed E-state index contributed by atoms with van der Waals surface area (Å²) in [6.07, 6.45) is 1.87. The summed E-state index contributed by atoms with van der Waals surface area (Å²) in [6.45, 7) is 0.532. The summed E-state index contributed by atoms with van der Waals surface area (Å²) in [7, 11) is 1.76. The lowest BCUT2D eigenvalue weighted by molar-refractivity contribution is -0.138. The molecule has 1 N–H and O–H groups in total. The highest BCUT2D eigenvalue weighted by atomic mass is 16.4. The molecule has 0 atom stereocenters. The van der Waals surface area contributed by atoms with Crippen LogP contribution in [0, 0.1) is 0 Å². The molecular formula is C13H15N3O2. The lowest BCUT2D eigenvalue weighted by atomic mass is 10.3. The van der Waals surface area contributed by atoms with Crippen molar-refractivity contribution in [3.63, 3.8) is 0 Å². The predicted molar refractivity (Wildman–Crippen MR) is 67.5 cm³/mol. The molecule has 5 heteroatoms. The van der Waals surface area contributed by atoms with E-state index in [9.17, 15) is 4.79 Å². The van der Waals surface area contributed by atoms with E-state index < -0.39 is 5.97 Å². The molecule has 0 saturated heterocycles. The summed E-state index contributed by atoms with van der Waals surface area (Å²) in [5, 5.41) is 13.1. The molecule has 0 spiro atoms. The lowest BCUT2D eigenvalue weighted by Gasteiger charge is -2.11. The molecule has 0 fully saturated rings. The van der Waals surface area contributed by atoms with Gasteiger partial charge in [0.25, 0.3) is 0 Å². The van der Waals surface area contributed by atoms with E-state index in [4.69, 9.17) is 5.11 Å². The van der Waals surface area contributed by atoms with E-state index in [1.807, 2.05) is 42.6 Å². The van der Waals surface area contributed by atoms with Crippen LogP contribution in [-0.4, -0.2) is 39.3 Å². The summed E-state index contributed by atoms with van der Waals surface area (Å²) in [5.41, 5.74) is 1.84. The average molecular weight is 245 g/mol. The van der Waals surface area contributed by atoms with Crippen molar-refractivity contribution in [2.45, 2.75) is 6.54 Å². The van der Waals surface area contributed by atoms with Crippen LogP contribution in [0.5, 0.6) is 0 Å². The Hall–Kier alpha value is -2.14. The molecule has 0 aliphatic heterocycles. The number of nitrogens with zero attached hydrogens (tertiary/aromatic N) is 3. The second kappa shape index (κ2) is 5.46. The number of rotatable bonds is 5. The third kappa shape index (κ3) is 3.18. The molecule has 0 unspecified atom stereocenters. The normalized spacial score (nSPS) is 10.8. The molecule has 1 heterocycles. The number of aromatic nitrogens is 2. The number of likely N-dealkylation sites (N-methyl/N-ethyl adjacent to an activating group) is 1. The van der Waals surface area contributed by atoms with Gasteiger partial charge in [-0.05, 0) is 25.2 Å². The molecule has 2 aromatic rings. The molecule has 0 radical (unpaired) electrons. The van der Waals surface area contributed by atoms with E-state index in [-0.39, 0.29) is 6.54 Å². The number of para-hydroxylation sites is 1. The number of carbonyl (C=O) groups is 1. The van der Waals surface area contributed by atoms with Crippen molar-refractivity contribution >= 4 is 5.97 Å².